The molecule has 3 nitrogen and oxygen atoms in total. The van der Waals surface area contributed by atoms with Crippen molar-refractivity contribution in [1.82, 2.24) is 4.98 Å². The highest BCUT2D eigenvalue weighted by molar-refractivity contribution is 6.36. The Hall–Kier alpha value is -2.13. The van der Waals surface area contributed by atoms with Crippen molar-refractivity contribution in [3.63, 3.8) is 0 Å². The molecule has 1 aliphatic rings. The zero-order valence-electron chi connectivity index (χ0n) is 9.35. The van der Waals surface area contributed by atoms with Crippen molar-refractivity contribution in [2.75, 3.05) is 5.32 Å². The third kappa shape index (κ3) is 2.51. The number of hydrogen-bond donors (Lipinski definition) is 1. The van der Waals surface area contributed by atoms with E-state index in [-0.39, 0.29) is 13.3 Å². The van der Waals surface area contributed by atoms with Crippen LogP contribution in [0, 0.1) is 0 Å². The van der Waals surface area contributed by atoms with E-state index in [1.54, 1.807) is 24.5 Å². The van der Waals surface area contributed by atoms with Gasteiger partial charge in [-0.15, -0.1) is 0 Å². The fourth-order valence-electron chi connectivity index (χ4n) is 1.94. The average Bonchev–Trinajstić information content (AvgIpc) is 2.66. The maximum absolute atomic E-state index is 11.9. The number of nitrogens with zero attached hydrogens (tertiary/aromatic N) is 1. The lowest BCUT2D eigenvalue weighted by atomic mass is 10.1. The number of fused-ring (bicyclic) bond motifs is 1. The van der Waals surface area contributed by atoms with Crippen LogP contribution in [0.25, 0.3) is 11.6 Å². The average molecular weight is 273 g/mol. The lowest BCUT2D eigenvalue weighted by Gasteiger charge is -1.98. The van der Waals surface area contributed by atoms with Crippen LogP contribution < -0.4 is 5.32 Å². The molecular formula is C15H13ClN2O. The van der Waals surface area contributed by atoms with E-state index in [1.807, 2.05) is 24.3 Å². The van der Waals surface area contributed by atoms with Gasteiger partial charge in [-0.05, 0) is 29.8 Å². The number of halogens is 1. The number of rotatable bonds is 1. The predicted octanol–water partition coefficient (Wildman–Crippen LogP) is 3.86. The Kier molecular flexibility index (Phi) is 3.67. The van der Waals surface area contributed by atoms with Gasteiger partial charge in [0.2, 0.25) is 0 Å². The highest BCUT2D eigenvalue weighted by Crippen LogP contribution is 2.34. The molecule has 1 amide bonds. The summed E-state index contributed by atoms with van der Waals surface area (Å²) >= 11 is 5.90. The largest absolute Gasteiger partial charge is 0.321 e. The molecule has 0 spiro atoms. The van der Waals surface area contributed by atoms with Gasteiger partial charge < -0.3 is 5.32 Å². The summed E-state index contributed by atoms with van der Waals surface area (Å²) in [5, 5.41) is 3.40. The molecule has 3 rings (SSSR count). The summed E-state index contributed by atoms with van der Waals surface area (Å²) in [5.41, 5.74) is 3.15. The van der Waals surface area contributed by atoms with Gasteiger partial charge in [-0.25, -0.2) is 0 Å². The maximum atomic E-state index is 11.9. The van der Waals surface area contributed by atoms with Gasteiger partial charge >= 0.3 is 0 Å². The van der Waals surface area contributed by atoms with Crippen molar-refractivity contribution in [2.45, 2.75) is 7.43 Å². The minimum Gasteiger partial charge on any atom is -0.321 e. The Labute approximate surface area is 116 Å². The maximum Gasteiger partial charge on any atom is 0.256 e. The number of benzene rings is 1. The number of pyridine rings is 1. The van der Waals surface area contributed by atoms with Gasteiger partial charge in [-0.3, -0.25) is 9.78 Å². The second-order valence-electron chi connectivity index (χ2n) is 3.99. The second-order valence-corrected chi connectivity index (χ2v) is 4.42. The standard InChI is InChI=1S/C14H9ClN2O.CH4/c15-10-3-4-11-12(14(18)17-13(11)7-10)6-9-2-1-5-16-8-9;/h1-8H,(H,17,18);1H4. The molecule has 1 N–H and O–H groups in total. The molecular weight excluding hydrogens is 260 g/mol. The third-order valence-electron chi connectivity index (χ3n) is 2.76. The number of aromatic nitrogens is 1. The molecule has 0 saturated heterocycles. The first kappa shape index (κ1) is 13.3. The quantitative estimate of drug-likeness (QED) is 0.801. The number of carbonyl (C=O) groups excluding carboxylic acids is 1. The van der Waals surface area contributed by atoms with Gasteiger partial charge in [0.15, 0.2) is 0 Å². The van der Waals surface area contributed by atoms with E-state index < -0.39 is 0 Å². The molecule has 19 heavy (non-hydrogen) atoms. The fraction of sp³-hybridized carbons (Fsp3) is 0.0667. The van der Waals surface area contributed by atoms with E-state index in [2.05, 4.69) is 10.3 Å². The highest BCUT2D eigenvalue weighted by atomic mass is 35.5. The zero-order chi connectivity index (χ0) is 12.5. The Balaban J connectivity index is 0.00000133. The molecule has 1 aliphatic heterocycles. The van der Waals surface area contributed by atoms with E-state index in [0.29, 0.717) is 10.6 Å². The first-order valence-electron chi connectivity index (χ1n) is 5.47. The van der Waals surface area contributed by atoms with Crippen LogP contribution in [0.1, 0.15) is 18.6 Å². The van der Waals surface area contributed by atoms with Crippen molar-refractivity contribution in [3.05, 3.63) is 58.9 Å². The summed E-state index contributed by atoms with van der Waals surface area (Å²) in [6.07, 6.45) is 5.24. The van der Waals surface area contributed by atoms with Crippen molar-refractivity contribution >= 4 is 34.8 Å². The van der Waals surface area contributed by atoms with Crippen molar-refractivity contribution < 1.29 is 4.79 Å². The fourth-order valence-corrected chi connectivity index (χ4v) is 2.11. The summed E-state index contributed by atoms with van der Waals surface area (Å²) in [4.78, 5) is 15.9. The number of nitrogens with one attached hydrogen (secondary N) is 1. The monoisotopic (exact) mass is 272 g/mol. The lowest BCUT2D eigenvalue weighted by molar-refractivity contribution is -0.110. The number of carbonyl (C=O) groups is 1. The smallest absolute Gasteiger partial charge is 0.256 e. The summed E-state index contributed by atoms with van der Waals surface area (Å²) < 4.78 is 0. The molecule has 0 unspecified atom stereocenters. The van der Waals surface area contributed by atoms with Gasteiger partial charge in [-0.1, -0.05) is 31.2 Å². The Morgan fingerprint density at radius 1 is 1.26 bits per heavy atom. The summed E-state index contributed by atoms with van der Waals surface area (Å²) in [5.74, 6) is -0.115. The molecule has 0 bridgehead atoms. The van der Waals surface area contributed by atoms with Gasteiger partial charge in [0.1, 0.15) is 0 Å². The van der Waals surface area contributed by atoms with Crippen molar-refractivity contribution in [2.24, 2.45) is 0 Å². The molecule has 0 radical (unpaired) electrons. The molecule has 2 heterocycles. The SMILES string of the molecule is C.O=C1Nc2cc(Cl)ccc2C1=Cc1cccnc1. The Morgan fingerprint density at radius 2 is 2.11 bits per heavy atom. The Morgan fingerprint density at radius 3 is 2.84 bits per heavy atom. The lowest BCUT2D eigenvalue weighted by Crippen LogP contribution is -2.03. The highest BCUT2D eigenvalue weighted by Gasteiger charge is 2.23. The normalized spacial score (nSPS) is 14.8. The van der Waals surface area contributed by atoms with Crippen molar-refractivity contribution in [1.29, 1.82) is 0 Å². The summed E-state index contributed by atoms with van der Waals surface area (Å²) in [7, 11) is 0. The van der Waals surface area contributed by atoms with Crippen LogP contribution in [0.3, 0.4) is 0 Å². The number of anilines is 1. The first-order chi connectivity index (χ1) is 8.74. The molecule has 0 fully saturated rings. The molecule has 2 aromatic rings. The minimum atomic E-state index is -0.115. The number of amides is 1. The second kappa shape index (κ2) is 5.24. The van der Waals surface area contributed by atoms with Gasteiger partial charge in [0.25, 0.3) is 5.91 Å². The summed E-state index contributed by atoms with van der Waals surface area (Å²) in [6, 6.07) is 9.11. The van der Waals surface area contributed by atoms with Crippen LogP contribution >= 0.6 is 11.6 Å². The Bertz CT molecular complexity index is 650. The van der Waals surface area contributed by atoms with E-state index >= 15 is 0 Å². The van der Waals surface area contributed by atoms with Crippen molar-refractivity contribution in [3.8, 4) is 0 Å². The van der Waals surface area contributed by atoms with Crippen LogP contribution in [-0.2, 0) is 4.79 Å². The van der Waals surface area contributed by atoms with Gasteiger partial charge in [-0.2, -0.15) is 0 Å². The molecule has 96 valence electrons. The van der Waals surface area contributed by atoms with Crippen LogP contribution in [0.2, 0.25) is 5.02 Å². The molecule has 1 aromatic carbocycles. The van der Waals surface area contributed by atoms with Crippen LogP contribution in [0.4, 0.5) is 5.69 Å². The minimum absolute atomic E-state index is 0. The molecule has 0 saturated carbocycles. The van der Waals surface area contributed by atoms with E-state index in [4.69, 9.17) is 11.6 Å². The molecule has 4 heteroatoms. The third-order valence-corrected chi connectivity index (χ3v) is 3.00. The first-order valence-corrected chi connectivity index (χ1v) is 5.85. The van der Waals surface area contributed by atoms with Crippen LogP contribution in [-0.4, -0.2) is 10.9 Å². The van der Waals surface area contributed by atoms with E-state index in [1.165, 1.54) is 0 Å². The van der Waals surface area contributed by atoms with E-state index in [0.717, 1.165) is 16.8 Å². The predicted molar refractivity (Wildman–Crippen MR) is 78.9 cm³/mol. The van der Waals surface area contributed by atoms with Gasteiger partial charge in [0.05, 0.1) is 5.69 Å². The topological polar surface area (TPSA) is 42.0 Å². The van der Waals surface area contributed by atoms with Gasteiger partial charge in [0, 0.05) is 28.6 Å². The van der Waals surface area contributed by atoms with Crippen LogP contribution in [0.5, 0.6) is 0 Å². The molecule has 0 atom stereocenters. The zero-order valence-corrected chi connectivity index (χ0v) is 10.1. The molecule has 1 aromatic heterocycles. The summed E-state index contributed by atoms with van der Waals surface area (Å²) in [6.45, 7) is 0. The number of hydrogen-bond acceptors (Lipinski definition) is 2. The van der Waals surface area contributed by atoms with E-state index in [9.17, 15) is 4.79 Å². The molecule has 0 aliphatic carbocycles. The van der Waals surface area contributed by atoms with Crippen LogP contribution in [0.15, 0.2) is 42.7 Å².